The predicted molar refractivity (Wildman–Crippen MR) is 272 cm³/mol. The van der Waals surface area contributed by atoms with Gasteiger partial charge in [-0.1, -0.05) is 124 Å². The first-order chi connectivity index (χ1) is 31.0. The molecule has 0 aromatic carbocycles. The normalized spacial score (nSPS) is 31.9. The summed E-state index contributed by atoms with van der Waals surface area (Å²) in [6.07, 6.45) is 43.4. The van der Waals surface area contributed by atoms with E-state index in [0.717, 1.165) is 80.5 Å². The van der Waals surface area contributed by atoms with Gasteiger partial charge >= 0.3 is 0 Å². The van der Waals surface area contributed by atoms with Gasteiger partial charge in [-0.2, -0.15) is 0 Å². The molecule has 4 saturated carbocycles. The SMILES string of the molecule is CCCCCC=CCC=CCCCCCCCCOCC(CN1CC[C@@H](N(C)C)C1)OCCOCCO[C@H]1CC[C@@]2(C)C(CCC3C2CC[C@@]2(C)C3CC[C@@H]2[C@H](C)CCCC(C)C)C1. The number of hydrogen-bond donors (Lipinski definition) is 0. The van der Waals surface area contributed by atoms with E-state index in [2.05, 4.69) is 89.7 Å². The van der Waals surface area contributed by atoms with Crippen molar-refractivity contribution in [3.05, 3.63) is 24.3 Å². The Labute approximate surface area is 397 Å². The zero-order valence-electron chi connectivity index (χ0n) is 43.7. The Morgan fingerprint density at radius 1 is 0.672 bits per heavy atom. The van der Waals surface area contributed by atoms with Crippen molar-refractivity contribution in [3.8, 4) is 0 Å². The Morgan fingerprint density at radius 2 is 1.39 bits per heavy atom. The fraction of sp³-hybridized carbons (Fsp3) is 0.931. The molecular formula is C58H106N2O4. The topological polar surface area (TPSA) is 43.4 Å². The van der Waals surface area contributed by atoms with Gasteiger partial charge in [0, 0.05) is 25.7 Å². The molecule has 5 unspecified atom stereocenters. The van der Waals surface area contributed by atoms with Crippen LogP contribution in [-0.2, 0) is 18.9 Å². The molecule has 5 aliphatic rings. The van der Waals surface area contributed by atoms with Crippen molar-refractivity contribution in [1.29, 1.82) is 0 Å². The Balaban J connectivity index is 0.919. The number of allylic oxidation sites excluding steroid dienone is 4. The molecule has 372 valence electrons. The van der Waals surface area contributed by atoms with Gasteiger partial charge < -0.3 is 23.8 Å². The molecule has 0 aromatic rings. The summed E-state index contributed by atoms with van der Waals surface area (Å²) in [4.78, 5) is 4.94. The van der Waals surface area contributed by atoms with Crippen LogP contribution in [0, 0.1) is 52.3 Å². The summed E-state index contributed by atoms with van der Waals surface area (Å²) in [7, 11) is 4.42. The highest BCUT2D eigenvalue weighted by Gasteiger charge is 2.60. The summed E-state index contributed by atoms with van der Waals surface area (Å²) < 4.78 is 25.4. The molecule has 1 aliphatic heterocycles. The first-order valence-electron chi connectivity index (χ1n) is 28.1. The number of likely N-dealkylation sites (tertiary alicyclic amines) is 1. The second-order valence-electron chi connectivity index (χ2n) is 23.4. The fourth-order valence-corrected chi connectivity index (χ4v) is 14.3. The van der Waals surface area contributed by atoms with Gasteiger partial charge in [-0.05, 0) is 176 Å². The lowest BCUT2D eigenvalue weighted by Crippen LogP contribution is -2.54. The van der Waals surface area contributed by atoms with Gasteiger partial charge in [0.15, 0.2) is 0 Å². The van der Waals surface area contributed by atoms with Crippen LogP contribution in [0.25, 0.3) is 0 Å². The molecule has 1 saturated heterocycles. The molecule has 6 nitrogen and oxygen atoms in total. The highest BCUT2D eigenvalue weighted by Crippen LogP contribution is 2.68. The van der Waals surface area contributed by atoms with E-state index in [9.17, 15) is 0 Å². The zero-order valence-corrected chi connectivity index (χ0v) is 43.7. The van der Waals surface area contributed by atoms with Gasteiger partial charge in [-0.25, -0.2) is 0 Å². The molecule has 5 rings (SSSR count). The highest BCUT2D eigenvalue weighted by molar-refractivity contribution is 5.10. The number of hydrogen-bond acceptors (Lipinski definition) is 6. The molecule has 11 atom stereocenters. The van der Waals surface area contributed by atoms with Crippen LogP contribution in [0.1, 0.15) is 202 Å². The molecule has 64 heavy (non-hydrogen) atoms. The first-order valence-corrected chi connectivity index (χ1v) is 28.1. The monoisotopic (exact) mass is 895 g/mol. The minimum atomic E-state index is 0.0909. The minimum absolute atomic E-state index is 0.0909. The van der Waals surface area contributed by atoms with Crippen LogP contribution in [0.5, 0.6) is 0 Å². The van der Waals surface area contributed by atoms with Crippen molar-refractivity contribution in [1.82, 2.24) is 9.80 Å². The summed E-state index contributed by atoms with van der Waals surface area (Å²) in [5.41, 5.74) is 1.11. The van der Waals surface area contributed by atoms with Crippen LogP contribution in [0.2, 0.25) is 0 Å². The molecule has 4 aliphatic carbocycles. The van der Waals surface area contributed by atoms with E-state index in [0.29, 0.717) is 56.0 Å². The van der Waals surface area contributed by atoms with Crippen molar-refractivity contribution >= 4 is 0 Å². The smallest absolute Gasteiger partial charge is 0.0936 e. The van der Waals surface area contributed by atoms with Crippen LogP contribution < -0.4 is 0 Å². The molecule has 0 amide bonds. The second-order valence-corrected chi connectivity index (χ2v) is 23.4. The molecule has 0 N–H and O–H groups in total. The summed E-state index contributed by atoms with van der Waals surface area (Å²) >= 11 is 0. The average Bonchev–Trinajstić information content (AvgIpc) is 3.90. The standard InChI is InChI=1S/C58H106N2O4/c1-9-10-11-12-13-14-15-16-17-18-19-20-21-22-23-24-38-62-46-52(45-60-37-34-50(44-60)59(7)8)64-42-40-61-39-41-63-51-32-35-57(5)49(43-51)28-29-53-55-31-30-54(48(4)27-25-26-47(2)3)58(55,6)36-33-56(53)57/h13-14,16-17,47-56H,9-12,15,18-46H2,1-8H3/t48-,49?,50-,51+,52?,53?,54-,55?,56?,57+,58-/m1/s1. The van der Waals surface area contributed by atoms with Crippen LogP contribution in [-0.4, -0.2) is 101 Å². The van der Waals surface area contributed by atoms with Gasteiger partial charge in [-0.15, -0.1) is 0 Å². The molecule has 0 radical (unpaired) electrons. The molecular weight excluding hydrogens is 789 g/mol. The first kappa shape index (κ1) is 54.2. The molecule has 5 fully saturated rings. The summed E-state index contributed by atoms with van der Waals surface area (Å²) in [5, 5.41) is 0. The lowest BCUT2D eigenvalue weighted by molar-refractivity contribution is -0.139. The molecule has 1 heterocycles. The predicted octanol–water partition coefficient (Wildman–Crippen LogP) is 14.4. The average molecular weight is 895 g/mol. The summed E-state index contributed by atoms with van der Waals surface area (Å²) in [5.74, 6) is 6.41. The quantitative estimate of drug-likeness (QED) is 0.0483. The number of unbranched alkanes of at least 4 members (excludes halogenated alkanes) is 9. The van der Waals surface area contributed by atoms with Crippen molar-refractivity contribution in [2.24, 2.45) is 52.3 Å². The molecule has 6 heteroatoms. The van der Waals surface area contributed by atoms with E-state index in [1.165, 1.54) is 148 Å². The van der Waals surface area contributed by atoms with Crippen molar-refractivity contribution in [2.45, 2.75) is 220 Å². The van der Waals surface area contributed by atoms with Crippen LogP contribution >= 0.6 is 0 Å². The van der Waals surface area contributed by atoms with E-state index in [1.807, 2.05) is 0 Å². The summed E-state index contributed by atoms with van der Waals surface area (Å²) in [6.45, 7) is 22.5. The number of nitrogens with zero attached hydrogens (tertiary/aromatic N) is 2. The Kier molecular flexibility index (Phi) is 24.8. The largest absolute Gasteiger partial charge is 0.379 e. The van der Waals surface area contributed by atoms with Gasteiger partial charge in [0.2, 0.25) is 0 Å². The minimum Gasteiger partial charge on any atom is -0.379 e. The van der Waals surface area contributed by atoms with Gasteiger partial charge in [0.1, 0.15) is 0 Å². The maximum Gasteiger partial charge on any atom is 0.0936 e. The fourth-order valence-electron chi connectivity index (χ4n) is 14.3. The van der Waals surface area contributed by atoms with Crippen LogP contribution in [0.15, 0.2) is 24.3 Å². The van der Waals surface area contributed by atoms with Gasteiger partial charge in [-0.3, -0.25) is 4.90 Å². The van der Waals surface area contributed by atoms with E-state index >= 15 is 0 Å². The second kappa shape index (κ2) is 29.3. The zero-order chi connectivity index (χ0) is 45.6. The third-order valence-corrected chi connectivity index (χ3v) is 18.2. The highest BCUT2D eigenvalue weighted by atomic mass is 16.6. The number of rotatable bonds is 33. The van der Waals surface area contributed by atoms with E-state index in [-0.39, 0.29) is 6.10 Å². The third-order valence-electron chi connectivity index (χ3n) is 18.2. The Morgan fingerprint density at radius 3 is 2.14 bits per heavy atom. The van der Waals surface area contributed by atoms with E-state index in [1.54, 1.807) is 0 Å². The number of fused-ring (bicyclic) bond motifs is 5. The number of ether oxygens (including phenoxy) is 4. The van der Waals surface area contributed by atoms with Crippen LogP contribution in [0.4, 0.5) is 0 Å². The maximum absolute atomic E-state index is 6.58. The van der Waals surface area contributed by atoms with E-state index < -0.39 is 0 Å². The lowest BCUT2D eigenvalue weighted by Gasteiger charge is -2.61. The lowest BCUT2D eigenvalue weighted by atomic mass is 9.44. The van der Waals surface area contributed by atoms with Gasteiger partial charge in [0.25, 0.3) is 0 Å². The molecule has 0 spiro atoms. The molecule has 0 aromatic heterocycles. The van der Waals surface area contributed by atoms with Crippen molar-refractivity contribution in [3.63, 3.8) is 0 Å². The van der Waals surface area contributed by atoms with Crippen LogP contribution in [0.3, 0.4) is 0 Å². The summed E-state index contributed by atoms with van der Waals surface area (Å²) in [6, 6.07) is 0.637. The Hall–Kier alpha value is -0.760. The van der Waals surface area contributed by atoms with Crippen molar-refractivity contribution < 1.29 is 18.9 Å². The van der Waals surface area contributed by atoms with E-state index in [4.69, 9.17) is 18.9 Å². The number of likely N-dealkylation sites (N-methyl/N-ethyl adjacent to an activating group) is 1. The molecule has 0 bridgehead atoms. The Bertz CT molecular complexity index is 1290. The third kappa shape index (κ3) is 17.0. The van der Waals surface area contributed by atoms with Crippen molar-refractivity contribution in [2.75, 3.05) is 73.4 Å². The maximum atomic E-state index is 6.58. The van der Waals surface area contributed by atoms with Gasteiger partial charge in [0.05, 0.1) is 45.2 Å².